The number of nitro groups is 1. The molecule has 3 heterocycles. The number of non-ortho nitro benzene ring substituents is 1. The zero-order valence-electron chi connectivity index (χ0n) is 13.7. The normalized spacial score (nSPS) is 12.9. The molecular weight excluding hydrogens is 437 g/mol. The van der Waals surface area contributed by atoms with Crippen LogP contribution < -0.4 is 4.90 Å². The van der Waals surface area contributed by atoms with E-state index in [1.165, 1.54) is 46.6 Å². The lowest BCUT2D eigenvalue weighted by Crippen LogP contribution is -2.32. The van der Waals surface area contributed by atoms with Crippen molar-refractivity contribution >= 4 is 44.5 Å². The summed E-state index contributed by atoms with van der Waals surface area (Å²) in [6.45, 7) is 0.351. The molecule has 1 aromatic carbocycles. The third-order valence-electron chi connectivity index (χ3n) is 4.29. The Balaban J connectivity index is 1.78. The van der Waals surface area contributed by atoms with Crippen LogP contribution in [0, 0.1) is 15.9 Å². The Labute approximate surface area is 165 Å². The van der Waals surface area contributed by atoms with Crippen molar-refractivity contribution in [2.24, 2.45) is 0 Å². The van der Waals surface area contributed by atoms with Crippen LogP contribution in [0.25, 0.3) is 10.6 Å². The molecule has 0 atom stereocenters. The highest BCUT2D eigenvalue weighted by Gasteiger charge is 2.28. The van der Waals surface area contributed by atoms with Gasteiger partial charge in [0.2, 0.25) is 0 Å². The first-order chi connectivity index (χ1) is 12.9. The molecule has 0 unspecified atom stereocenters. The third-order valence-corrected chi connectivity index (χ3v) is 5.98. The molecule has 1 aliphatic heterocycles. The monoisotopic (exact) mass is 447 g/mol. The molecule has 136 valence electrons. The Morgan fingerprint density at radius 1 is 1.30 bits per heavy atom. The Kier molecular flexibility index (Phi) is 4.48. The van der Waals surface area contributed by atoms with Gasteiger partial charge in [0.1, 0.15) is 11.5 Å². The van der Waals surface area contributed by atoms with Gasteiger partial charge in [0.25, 0.3) is 11.6 Å². The quantitative estimate of drug-likeness (QED) is 0.416. The Hall–Kier alpha value is -2.65. The van der Waals surface area contributed by atoms with Crippen LogP contribution in [0.1, 0.15) is 15.9 Å². The van der Waals surface area contributed by atoms with Gasteiger partial charge in [0.05, 0.1) is 25.5 Å². The van der Waals surface area contributed by atoms with E-state index < -0.39 is 10.7 Å². The summed E-state index contributed by atoms with van der Waals surface area (Å²) < 4.78 is 14.9. The minimum atomic E-state index is -0.533. The molecule has 27 heavy (non-hydrogen) atoms. The number of aromatic nitrogens is 1. The van der Waals surface area contributed by atoms with Gasteiger partial charge < -0.3 is 4.90 Å². The van der Waals surface area contributed by atoms with Gasteiger partial charge in [-0.2, -0.15) is 0 Å². The Bertz CT molecular complexity index is 1070. The molecule has 1 amide bonds. The summed E-state index contributed by atoms with van der Waals surface area (Å²) in [6.07, 6.45) is 1.73. The molecule has 0 saturated heterocycles. The Morgan fingerprint density at radius 3 is 2.74 bits per heavy atom. The smallest absolute Gasteiger partial charge is 0.269 e. The summed E-state index contributed by atoms with van der Waals surface area (Å²) in [7, 11) is 0. The second-order valence-electron chi connectivity index (χ2n) is 5.94. The first-order valence-corrected chi connectivity index (χ1v) is 9.55. The van der Waals surface area contributed by atoms with Gasteiger partial charge in [-0.25, -0.2) is 4.39 Å². The highest BCUT2D eigenvalue weighted by Crippen LogP contribution is 2.42. The lowest BCUT2D eigenvalue weighted by molar-refractivity contribution is -0.384. The minimum Gasteiger partial charge on any atom is -0.306 e. The fourth-order valence-electron chi connectivity index (χ4n) is 3.04. The zero-order valence-corrected chi connectivity index (χ0v) is 16.1. The SMILES string of the molecule is O=C(c1ccc([N+](=O)[O-])cc1)N1CCc2cc(Br)sc2-c2ncc(F)cc21. The number of pyridine rings is 1. The predicted octanol–water partition coefficient (Wildman–Crippen LogP) is 4.82. The molecule has 0 spiro atoms. The molecule has 2 aromatic heterocycles. The summed E-state index contributed by atoms with van der Waals surface area (Å²) >= 11 is 4.95. The van der Waals surface area contributed by atoms with Crippen LogP contribution in [-0.4, -0.2) is 22.4 Å². The largest absolute Gasteiger partial charge is 0.306 e. The first kappa shape index (κ1) is 17.7. The topological polar surface area (TPSA) is 76.3 Å². The Morgan fingerprint density at radius 2 is 2.04 bits per heavy atom. The fraction of sp³-hybridized carbons (Fsp3) is 0.111. The highest BCUT2D eigenvalue weighted by atomic mass is 79.9. The van der Waals surface area contributed by atoms with E-state index in [4.69, 9.17) is 0 Å². The van der Waals surface area contributed by atoms with Crippen molar-refractivity contribution in [2.45, 2.75) is 6.42 Å². The first-order valence-electron chi connectivity index (χ1n) is 7.94. The second kappa shape index (κ2) is 6.82. The summed E-state index contributed by atoms with van der Waals surface area (Å²) in [5.41, 5.74) is 2.18. The number of rotatable bonds is 2. The average molecular weight is 448 g/mol. The van der Waals surface area contributed by atoms with E-state index in [0.717, 1.165) is 20.4 Å². The van der Waals surface area contributed by atoms with Crippen molar-refractivity contribution in [1.82, 2.24) is 4.98 Å². The van der Waals surface area contributed by atoms with Gasteiger partial charge in [0, 0.05) is 30.3 Å². The lowest BCUT2D eigenvalue weighted by Gasteiger charge is -2.22. The number of amides is 1. The molecular formula is C18H11BrFN3O3S. The number of hydrogen-bond donors (Lipinski definition) is 0. The van der Waals surface area contributed by atoms with Crippen molar-refractivity contribution in [3.05, 3.63) is 73.4 Å². The predicted molar refractivity (Wildman–Crippen MR) is 104 cm³/mol. The van der Waals surface area contributed by atoms with Gasteiger partial charge in [0.15, 0.2) is 0 Å². The lowest BCUT2D eigenvalue weighted by atomic mass is 10.1. The number of nitro benzene ring substituents is 1. The molecule has 0 saturated carbocycles. The number of benzene rings is 1. The van der Waals surface area contributed by atoms with Gasteiger partial charge >= 0.3 is 0 Å². The van der Waals surface area contributed by atoms with Crippen molar-refractivity contribution in [2.75, 3.05) is 11.4 Å². The van der Waals surface area contributed by atoms with Crippen molar-refractivity contribution < 1.29 is 14.1 Å². The van der Waals surface area contributed by atoms with Crippen LogP contribution in [0.3, 0.4) is 0 Å². The van der Waals surface area contributed by atoms with E-state index in [1.807, 2.05) is 6.07 Å². The second-order valence-corrected chi connectivity index (χ2v) is 8.37. The number of thiophene rings is 1. The number of hydrogen-bond acceptors (Lipinski definition) is 5. The van der Waals surface area contributed by atoms with E-state index in [2.05, 4.69) is 20.9 Å². The zero-order chi connectivity index (χ0) is 19.1. The minimum absolute atomic E-state index is 0.0949. The summed E-state index contributed by atoms with van der Waals surface area (Å²) in [4.78, 5) is 29.9. The number of nitrogens with zero attached hydrogens (tertiary/aromatic N) is 3. The molecule has 4 rings (SSSR count). The van der Waals surface area contributed by atoms with Crippen molar-refractivity contribution in [3.63, 3.8) is 0 Å². The molecule has 3 aromatic rings. The molecule has 1 aliphatic rings. The molecule has 6 nitrogen and oxygen atoms in total. The van der Waals surface area contributed by atoms with Crippen LogP contribution in [-0.2, 0) is 6.42 Å². The maximum atomic E-state index is 13.9. The van der Waals surface area contributed by atoms with E-state index in [0.29, 0.717) is 29.9 Å². The van der Waals surface area contributed by atoms with Crippen LogP contribution in [0.15, 0.2) is 46.4 Å². The molecule has 0 bridgehead atoms. The van der Waals surface area contributed by atoms with E-state index in [9.17, 15) is 19.3 Å². The number of halogens is 2. The van der Waals surface area contributed by atoms with E-state index in [-0.39, 0.29) is 11.6 Å². The number of carbonyl (C=O) groups is 1. The van der Waals surface area contributed by atoms with Crippen molar-refractivity contribution in [1.29, 1.82) is 0 Å². The van der Waals surface area contributed by atoms with Crippen molar-refractivity contribution in [3.8, 4) is 10.6 Å². The van der Waals surface area contributed by atoms with Crippen LogP contribution >= 0.6 is 27.3 Å². The number of carbonyl (C=O) groups excluding carboxylic acids is 1. The summed E-state index contributed by atoms with van der Waals surface area (Å²) in [6, 6.07) is 8.66. The maximum absolute atomic E-state index is 13.9. The van der Waals surface area contributed by atoms with E-state index in [1.54, 1.807) is 0 Å². The molecule has 0 N–H and O–H groups in total. The van der Waals surface area contributed by atoms with Crippen LogP contribution in [0.4, 0.5) is 15.8 Å². The standard InChI is InChI=1S/C18H11BrFN3O3S/c19-15-7-11-5-6-22(14-8-12(20)9-21-16(14)17(11)27-15)18(24)10-1-3-13(4-2-10)23(25)26/h1-4,7-9H,5-6H2. The van der Waals surface area contributed by atoms with Gasteiger partial charge in [-0.3, -0.25) is 19.9 Å². The van der Waals surface area contributed by atoms with Gasteiger partial charge in [-0.1, -0.05) is 0 Å². The summed E-state index contributed by atoms with van der Waals surface area (Å²) in [5.74, 6) is -0.887. The number of fused-ring (bicyclic) bond motifs is 3. The molecule has 9 heteroatoms. The summed E-state index contributed by atoms with van der Waals surface area (Å²) in [5, 5.41) is 10.8. The van der Waals surface area contributed by atoms with E-state index >= 15 is 0 Å². The highest BCUT2D eigenvalue weighted by molar-refractivity contribution is 9.11. The fourth-order valence-corrected chi connectivity index (χ4v) is 4.74. The molecule has 0 fully saturated rings. The van der Waals surface area contributed by atoms with Crippen LogP contribution in [0.2, 0.25) is 0 Å². The third kappa shape index (κ3) is 3.24. The van der Waals surface area contributed by atoms with Gasteiger partial charge in [-0.15, -0.1) is 11.3 Å². The number of anilines is 1. The van der Waals surface area contributed by atoms with Crippen LogP contribution in [0.5, 0.6) is 0 Å². The van der Waals surface area contributed by atoms with Gasteiger partial charge in [-0.05, 0) is 46.1 Å². The average Bonchev–Trinajstić information content (AvgIpc) is 2.95. The maximum Gasteiger partial charge on any atom is 0.269 e. The molecule has 0 radical (unpaired) electrons. The molecule has 0 aliphatic carbocycles.